The van der Waals surface area contributed by atoms with Crippen molar-refractivity contribution in [2.24, 2.45) is 5.92 Å². The predicted molar refractivity (Wildman–Crippen MR) is 75.5 cm³/mol. The highest BCUT2D eigenvalue weighted by Gasteiger charge is 2.55. The number of nitrogens with zero attached hydrogens (tertiary/aromatic N) is 1. The normalized spacial score (nSPS) is 21.0. The molecule has 0 radical (unpaired) electrons. The van der Waals surface area contributed by atoms with Crippen LogP contribution in [0, 0.1) is 5.92 Å². The van der Waals surface area contributed by atoms with Gasteiger partial charge in [0.1, 0.15) is 11.8 Å². The Morgan fingerprint density at radius 2 is 2.00 bits per heavy atom. The third-order valence-corrected chi connectivity index (χ3v) is 3.51. The minimum Gasteiger partial charge on any atom is -0.467 e. The minimum absolute atomic E-state index is 0.249. The van der Waals surface area contributed by atoms with Crippen molar-refractivity contribution in [2.75, 3.05) is 11.5 Å². The molecule has 1 aliphatic heterocycles. The number of esters is 1. The summed E-state index contributed by atoms with van der Waals surface area (Å²) < 4.78 is 10.4. The fraction of sp³-hybridized carbons (Fsp3) is 0.250. The van der Waals surface area contributed by atoms with Crippen LogP contribution in [-0.4, -0.2) is 18.5 Å². The second-order valence-corrected chi connectivity index (χ2v) is 4.73. The lowest BCUT2D eigenvalue weighted by atomic mass is 9.85. The van der Waals surface area contributed by atoms with Crippen LogP contribution in [0.25, 0.3) is 0 Å². The standard InChI is InChI=1S/C16H15NO4/c1-2-20-16(19)13-14(12-9-6-10-21-12)17(15(13)18)11-7-4-3-5-8-11/h3-10,13-14H,2H2,1H3/t13-,14-/m0/s1. The molecule has 0 spiro atoms. The van der Waals surface area contributed by atoms with Gasteiger partial charge in [-0.25, -0.2) is 0 Å². The van der Waals surface area contributed by atoms with Gasteiger partial charge < -0.3 is 9.15 Å². The molecule has 1 fully saturated rings. The van der Waals surface area contributed by atoms with E-state index in [1.165, 1.54) is 6.26 Å². The minimum atomic E-state index is -0.837. The summed E-state index contributed by atoms with van der Waals surface area (Å²) in [6.45, 7) is 1.97. The highest BCUT2D eigenvalue weighted by molar-refractivity contribution is 6.13. The average molecular weight is 285 g/mol. The molecular formula is C16H15NO4. The molecule has 2 heterocycles. The Morgan fingerprint density at radius 3 is 2.62 bits per heavy atom. The fourth-order valence-electron chi connectivity index (χ4n) is 2.58. The number of amides is 1. The summed E-state index contributed by atoms with van der Waals surface area (Å²) in [4.78, 5) is 25.9. The molecule has 2 atom stereocenters. The van der Waals surface area contributed by atoms with Gasteiger partial charge in [0.2, 0.25) is 5.91 Å². The van der Waals surface area contributed by atoms with Gasteiger partial charge in [-0.15, -0.1) is 0 Å². The summed E-state index contributed by atoms with van der Waals surface area (Å²) in [6.07, 6.45) is 1.53. The summed E-state index contributed by atoms with van der Waals surface area (Å²) in [5.41, 5.74) is 0.740. The molecule has 21 heavy (non-hydrogen) atoms. The SMILES string of the molecule is CCOC(=O)[C@@H]1C(=O)N(c2ccccc2)[C@H]1c1ccco1. The van der Waals surface area contributed by atoms with E-state index >= 15 is 0 Å². The van der Waals surface area contributed by atoms with E-state index in [1.54, 1.807) is 24.0 Å². The molecule has 1 aliphatic rings. The van der Waals surface area contributed by atoms with E-state index in [2.05, 4.69) is 0 Å². The van der Waals surface area contributed by atoms with Gasteiger partial charge in [0.25, 0.3) is 0 Å². The number of benzene rings is 1. The van der Waals surface area contributed by atoms with E-state index in [4.69, 9.17) is 9.15 Å². The smallest absolute Gasteiger partial charge is 0.321 e. The van der Waals surface area contributed by atoms with Crippen LogP contribution in [0.1, 0.15) is 18.7 Å². The van der Waals surface area contributed by atoms with Gasteiger partial charge in [0, 0.05) is 5.69 Å². The average Bonchev–Trinajstić information content (AvgIpc) is 2.99. The van der Waals surface area contributed by atoms with Crippen molar-refractivity contribution in [3.05, 3.63) is 54.5 Å². The summed E-state index contributed by atoms with van der Waals surface area (Å²) in [5.74, 6) is -1.02. The molecule has 0 bridgehead atoms. The molecule has 5 heteroatoms. The molecule has 0 saturated carbocycles. The van der Waals surface area contributed by atoms with Crippen molar-refractivity contribution in [3.63, 3.8) is 0 Å². The maximum Gasteiger partial charge on any atom is 0.321 e. The van der Waals surface area contributed by atoms with Crippen molar-refractivity contribution in [3.8, 4) is 0 Å². The van der Waals surface area contributed by atoms with E-state index in [-0.39, 0.29) is 12.5 Å². The number of ether oxygens (including phenoxy) is 1. The van der Waals surface area contributed by atoms with Crippen LogP contribution in [0.4, 0.5) is 5.69 Å². The van der Waals surface area contributed by atoms with E-state index < -0.39 is 17.9 Å². The molecule has 1 saturated heterocycles. The maximum absolute atomic E-state index is 12.4. The monoisotopic (exact) mass is 285 g/mol. The Hall–Kier alpha value is -2.56. The summed E-state index contributed by atoms with van der Waals surface area (Å²) in [5, 5.41) is 0. The molecule has 5 nitrogen and oxygen atoms in total. The van der Waals surface area contributed by atoms with Crippen molar-refractivity contribution < 1.29 is 18.7 Å². The molecule has 1 aromatic carbocycles. The number of hydrogen-bond donors (Lipinski definition) is 0. The molecule has 0 N–H and O–H groups in total. The van der Waals surface area contributed by atoms with Crippen LogP contribution < -0.4 is 4.90 Å². The number of carbonyl (C=O) groups is 2. The van der Waals surface area contributed by atoms with Gasteiger partial charge in [-0.3, -0.25) is 14.5 Å². The van der Waals surface area contributed by atoms with Gasteiger partial charge in [0.05, 0.1) is 12.9 Å². The number of β-lactam (4-membered cyclic amide) rings is 1. The van der Waals surface area contributed by atoms with E-state index in [1.807, 2.05) is 30.3 Å². The Balaban J connectivity index is 1.94. The Bertz CT molecular complexity index is 636. The molecule has 0 aliphatic carbocycles. The molecule has 3 rings (SSSR count). The number of para-hydroxylation sites is 1. The van der Waals surface area contributed by atoms with Gasteiger partial charge in [-0.1, -0.05) is 18.2 Å². The first kappa shape index (κ1) is 13.4. The number of furan rings is 1. The fourth-order valence-corrected chi connectivity index (χ4v) is 2.58. The molecule has 108 valence electrons. The second kappa shape index (κ2) is 5.44. The topological polar surface area (TPSA) is 59.8 Å². The van der Waals surface area contributed by atoms with Gasteiger partial charge in [-0.2, -0.15) is 0 Å². The van der Waals surface area contributed by atoms with Crippen LogP contribution in [0.2, 0.25) is 0 Å². The lowest BCUT2D eigenvalue weighted by Crippen LogP contribution is -2.58. The lowest BCUT2D eigenvalue weighted by molar-refractivity contribution is -0.157. The highest BCUT2D eigenvalue weighted by Crippen LogP contribution is 2.44. The first-order chi connectivity index (χ1) is 10.2. The van der Waals surface area contributed by atoms with Gasteiger partial charge in [0.15, 0.2) is 5.92 Å². The van der Waals surface area contributed by atoms with Crippen LogP contribution in [-0.2, 0) is 14.3 Å². The van der Waals surface area contributed by atoms with Crippen LogP contribution in [0.5, 0.6) is 0 Å². The third kappa shape index (κ3) is 2.20. The summed E-state index contributed by atoms with van der Waals surface area (Å²) in [6, 6.07) is 12.3. The second-order valence-electron chi connectivity index (χ2n) is 4.73. The Morgan fingerprint density at radius 1 is 1.24 bits per heavy atom. The van der Waals surface area contributed by atoms with Gasteiger partial charge in [-0.05, 0) is 31.2 Å². The van der Waals surface area contributed by atoms with Crippen LogP contribution >= 0.6 is 0 Å². The Labute approximate surface area is 122 Å². The van der Waals surface area contributed by atoms with Crippen molar-refractivity contribution in [1.29, 1.82) is 0 Å². The van der Waals surface area contributed by atoms with Crippen molar-refractivity contribution >= 4 is 17.6 Å². The number of anilines is 1. The summed E-state index contributed by atoms with van der Waals surface area (Å²) >= 11 is 0. The Kier molecular flexibility index (Phi) is 3.48. The van der Waals surface area contributed by atoms with Crippen LogP contribution in [0.15, 0.2) is 53.1 Å². The first-order valence-electron chi connectivity index (χ1n) is 6.82. The van der Waals surface area contributed by atoms with E-state index in [9.17, 15) is 9.59 Å². The number of rotatable bonds is 4. The largest absolute Gasteiger partial charge is 0.467 e. The quantitative estimate of drug-likeness (QED) is 0.492. The zero-order chi connectivity index (χ0) is 14.8. The number of carbonyl (C=O) groups excluding carboxylic acids is 2. The van der Waals surface area contributed by atoms with E-state index in [0.29, 0.717) is 5.76 Å². The zero-order valence-corrected chi connectivity index (χ0v) is 11.6. The van der Waals surface area contributed by atoms with Crippen molar-refractivity contribution in [2.45, 2.75) is 13.0 Å². The van der Waals surface area contributed by atoms with Crippen molar-refractivity contribution in [1.82, 2.24) is 0 Å². The first-order valence-corrected chi connectivity index (χ1v) is 6.82. The highest BCUT2D eigenvalue weighted by atomic mass is 16.5. The van der Waals surface area contributed by atoms with Crippen LogP contribution in [0.3, 0.4) is 0 Å². The number of hydrogen-bond acceptors (Lipinski definition) is 4. The molecule has 1 aromatic heterocycles. The molecule has 2 aromatic rings. The maximum atomic E-state index is 12.4. The van der Waals surface area contributed by atoms with Gasteiger partial charge >= 0.3 is 5.97 Å². The molecule has 1 amide bonds. The molecule has 0 unspecified atom stereocenters. The zero-order valence-electron chi connectivity index (χ0n) is 11.6. The lowest BCUT2D eigenvalue weighted by Gasteiger charge is -2.44. The third-order valence-electron chi connectivity index (χ3n) is 3.51. The summed E-state index contributed by atoms with van der Waals surface area (Å²) in [7, 11) is 0. The predicted octanol–water partition coefficient (Wildman–Crippen LogP) is 2.55. The van der Waals surface area contributed by atoms with E-state index in [0.717, 1.165) is 5.69 Å². The molecular weight excluding hydrogens is 270 g/mol.